The third-order valence-corrected chi connectivity index (χ3v) is 2.36. The number of nitrogens with zero attached hydrogens (tertiary/aromatic N) is 5. The van der Waals surface area contributed by atoms with Gasteiger partial charge in [-0.15, -0.1) is 10.2 Å². The average Bonchev–Trinajstić information content (AvgIpc) is 2.80. The van der Waals surface area contributed by atoms with Gasteiger partial charge in [0.25, 0.3) is 0 Å². The molecule has 0 spiro atoms. The topological polar surface area (TPSA) is 68.8 Å². The van der Waals surface area contributed by atoms with Crippen molar-refractivity contribution in [2.45, 2.75) is 20.1 Å². The lowest BCUT2D eigenvalue weighted by Gasteiger charge is -2.01. The highest BCUT2D eigenvalue weighted by Crippen LogP contribution is 2.02. The quantitative estimate of drug-likeness (QED) is 0.760. The molecule has 6 nitrogen and oxygen atoms in total. The van der Waals surface area contributed by atoms with Crippen LogP contribution in [-0.2, 0) is 20.2 Å². The van der Waals surface area contributed by atoms with Crippen LogP contribution in [0.5, 0.6) is 0 Å². The summed E-state index contributed by atoms with van der Waals surface area (Å²) in [6, 6.07) is 0. The first-order chi connectivity index (χ1) is 7.20. The first-order valence-corrected chi connectivity index (χ1v) is 4.67. The van der Waals surface area contributed by atoms with E-state index in [2.05, 4.69) is 15.2 Å². The Morgan fingerprint density at radius 1 is 1.40 bits per heavy atom. The second kappa shape index (κ2) is 3.82. The molecule has 0 aliphatic rings. The molecule has 15 heavy (non-hydrogen) atoms. The van der Waals surface area contributed by atoms with Crippen molar-refractivity contribution in [1.82, 2.24) is 24.3 Å². The molecule has 2 heterocycles. The third kappa shape index (κ3) is 1.89. The van der Waals surface area contributed by atoms with Gasteiger partial charge in [0.2, 0.25) is 0 Å². The lowest BCUT2D eigenvalue weighted by Crippen LogP contribution is -2.05. The Kier molecular flexibility index (Phi) is 2.51. The van der Waals surface area contributed by atoms with Gasteiger partial charge in [-0.1, -0.05) is 0 Å². The lowest BCUT2D eigenvalue weighted by molar-refractivity contribution is 0.277. The molecule has 0 atom stereocenters. The van der Waals surface area contributed by atoms with Gasteiger partial charge >= 0.3 is 0 Å². The van der Waals surface area contributed by atoms with E-state index in [0.717, 1.165) is 11.6 Å². The molecule has 0 saturated carbocycles. The van der Waals surface area contributed by atoms with E-state index in [0.29, 0.717) is 12.2 Å². The Balaban J connectivity index is 2.18. The van der Waals surface area contributed by atoms with Gasteiger partial charge in [-0.3, -0.25) is 0 Å². The molecule has 0 saturated heterocycles. The molecular weight excluding hydrogens is 194 g/mol. The molecule has 80 valence electrons. The van der Waals surface area contributed by atoms with E-state index in [1.165, 1.54) is 0 Å². The Hall–Kier alpha value is -1.69. The van der Waals surface area contributed by atoms with Crippen molar-refractivity contribution in [1.29, 1.82) is 0 Å². The highest BCUT2D eigenvalue weighted by molar-refractivity contribution is 4.99. The summed E-state index contributed by atoms with van der Waals surface area (Å²) in [5, 5.41) is 16.9. The van der Waals surface area contributed by atoms with E-state index in [4.69, 9.17) is 5.11 Å². The molecule has 0 aliphatic heterocycles. The summed E-state index contributed by atoms with van der Waals surface area (Å²) in [7, 11) is 1.93. The maximum Gasteiger partial charge on any atom is 0.152 e. The fraction of sp³-hybridized carbons (Fsp3) is 0.444. The molecule has 2 aromatic heterocycles. The summed E-state index contributed by atoms with van der Waals surface area (Å²) in [6.45, 7) is 2.48. The van der Waals surface area contributed by atoms with Gasteiger partial charge in [0, 0.05) is 13.2 Å². The smallest absolute Gasteiger partial charge is 0.152 e. The SMILES string of the molecule is Cc1nnc(Cn2cnc(CO)c2)n1C. The summed E-state index contributed by atoms with van der Waals surface area (Å²) >= 11 is 0. The van der Waals surface area contributed by atoms with Gasteiger partial charge < -0.3 is 14.2 Å². The Morgan fingerprint density at radius 3 is 2.73 bits per heavy atom. The fourth-order valence-electron chi connectivity index (χ4n) is 1.33. The number of aliphatic hydroxyl groups is 1. The van der Waals surface area contributed by atoms with Crippen molar-refractivity contribution < 1.29 is 5.11 Å². The molecular formula is C9H13N5O. The van der Waals surface area contributed by atoms with E-state index in [1.54, 1.807) is 12.5 Å². The summed E-state index contributed by atoms with van der Waals surface area (Å²) < 4.78 is 3.80. The summed E-state index contributed by atoms with van der Waals surface area (Å²) in [5.41, 5.74) is 0.661. The molecule has 0 amide bonds. The summed E-state index contributed by atoms with van der Waals surface area (Å²) in [6.07, 6.45) is 3.47. The van der Waals surface area contributed by atoms with E-state index in [1.807, 2.05) is 23.1 Å². The molecule has 0 aliphatic carbocycles. The van der Waals surface area contributed by atoms with Gasteiger partial charge in [-0.25, -0.2) is 4.98 Å². The molecule has 0 radical (unpaired) electrons. The van der Waals surface area contributed by atoms with Gasteiger partial charge in [-0.2, -0.15) is 0 Å². The van der Waals surface area contributed by atoms with Crippen LogP contribution in [0.2, 0.25) is 0 Å². The van der Waals surface area contributed by atoms with Crippen LogP contribution in [0.15, 0.2) is 12.5 Å². The molecule has 1 N–H and O–H groups in total. The molecule has 0 fully saturated rings. The molecule has 2 aromatic rings. The number of hydrogen-bond acceptors (Lipinski definition) is 4. The first kappa shape index (κ1) is 9.85. The van der Waals surface area contributed by atoms with Gasteiger partial charge in [0.05, 0.1) is 25.2 Å². The molecule has 2 rings (SSSR count). The van der Waals surface area contributed by atoms with Crippen LogP contribution in [0, 0.1) is 6.92 Å². The van der Waals surface area contributed by atoms with E-state index in [9.17, 15) is 0 Å². The maximum absolute atomic E-state index is 8.87. The van der Waals surface area contributed by atoms with E-state index < -0.39 is 0 Å². The minimum absolute atomic E-state index is 0.0369. The highest BCUT2D eigenvalue weighted by atomic mass is 16.3. The fourth-order valence-corrected chi connectivity index (χ4v) is 1.33. The molecule has 6 heteroatoms. The zero-order valence-electron chi connectivity index (χ0n) is 8.75. The van der Waals surface area contributed by atoms with Crippen molar-refractivity contribution in [3.63, 3.8) is 0 Å². The van der Waals surface area contributed by atoms with Gasteiger partial charge in [-0.05, 0) is 6.92 Å². The normalized spacial score (nSPS) is 10.9. The molecule has 0 unspecified atom stereocenters. The van der Waals surface area contributed by atoms with Crippen molar-refractivity contribution in [3.05, 3.63) is 29.9 Å². The standard InChI is InChI=1S/C9H13N5O/c1-7-11-12-9(13(7)2)4-14-3-8(5-15)10-6-14/h3,6,15H,4-5H2,1-2H3. The van der Waals surface area contributed by atoms with E-state index in [-0.39, 0.29) is 6.61 Å². The van der Waals surface area contributed by atoms with Crippen LogP contribution < -0.4 is 0 Å². The van der Waals surface area contributed by atoms with E-state index >= 15 is 0 Å². The van der Waals surface area contributed by atoms with Gasteiger partial charge in [0.1, 0.15) is 5.82 Å². The zero-order chi connectivity index (χ0) is 10.8. The molecule has 0 aromatic carbocycles. The highest BCUT2D eigenvalue weighted by Gasteiger charge is 2.05. The summed E-state index contributed by atoms with van der Waals surface area (Å²) in [5.74, 6) is 1.75. The zero-order valence-corrected chi connectivity index (χ0v) is 8.75. The summed E-state index contributed by atoms with van der Waals surface area (Å²) in [4.78, 5) is 4.02. The number of rotatable bonds is 3. The number of aliphatic hydroxyl groups excluding tert-OH is 1. The van der Waals surface area contributed by atoms with Crippen LogP contribution in [0.25, 0.3) is 0 Å². The number of aromatic nitrogens is 5. The average molecular weight is 207 g/mol. The number of imidazole rings is 1. The third-order valence-electron chi connectivity index (χ3n) is 2.36. The Morgan fingerprint density at radius 2 is 2.20 bits per heavy atom. The predicted octanol–water partition coefficient (Wildman–Crippen LogP) is -0.139. The molecule has 0 bridgehead atoms. The minimum Gasteiger partial charge on any atom is -0.390 e. The largest absolute Gasteiger partial charge is 0.390 e. The lowest BCUT2D eigenvalue weighted by atomic mass is 10.5. The van der Waals surface area contributed by atoms with Crippen molar-refractivity contribution in [2.24, 2.45) is 7.05 Å². The monoisotopic (exact) mass is 207 g/mol. The second-order valence-corrected chi connectivity index (χ2v) is 3.42. The van der Waals surface area contributed by atoms with Crippen LogP contribution >= 0.6 is 0 Å². The maximum atomic E-state index is 8.87. The van der Waals surface area contributed by atoms with Crippen molar-refractivity contribution >= 4 is 0 Å². The van der Waals surface area contributed by atoms with Crippen LogP contribution in [0.4, 0.5) is 0 Å². The second-order valence-electron chi connectivity index (χ2n) is 3.42. The first-order valence-electron chi connectivity index (χ1n) is 4.67. The Labute approximate surface area is 87.2 Å². The minimum atomic E-state index is -0.0369. The van der Waals surface area contributed by atoms with Crippen LogP contribution in [0.3, 0.4) is 0 Å². The van der Waals surface area contributed by atoms with Crippen molar-refractivity contribution in [2.75, 3.05) is 0 Å². The van der Waals surface area contributed by atoms with Crippen LogP contribution in [0.1, 0.15) is 17.3 Å². The number of aryl methyl sites for hydroxylation is 1. The number of hydrogen-bond donors (Lipinski definition) is 1. The predicted molar refractivity (Wildman–Crippen MR) is 53.0 cm³/mol. The van der Waals surface area contributed by atoms with Gasteiger partial charge in [0.15, 0.2) is 5.82 Å². The Bertz CT molecular complexity index is 459. The van der Waals surface area contributed by atoms with Crippen molar-refractivity contribution in [3.8, 4) is 0 Å². The van der Waals surface area contributed by atoms with Crippen LogP contribution in [-0.4, -0.2) is 29.4 Å².